The Hall–Kier alpha value is 0.270. The lowest BCUT2D eigenvalue weighted by molar-refractivity contribution is -0.00714. The number of thiol groups is 1. The summed E-state index contributed by atoms with van der Waals surface area (Å²) in [5.41, 5.74) is 0.531. The van der Waals surface area contributed by atoms with Gasteiger partial charge < -0.3 is 5.11 Å². The van der Waals surface area contributed by atoms with Gasteiger partial charge in [-0.2, -0.15) is 12.6 Å². The van der Waals surface area contributed by atoms with Crippen LogP contribution in [-0.4, -0.2) is 41.5 Å². The molecule has 1 N–H and O–H groups in total. The lowest BCUT2D eigenvalue weighted by Crippen LogP contribution is -2.52. The highest BCUT2D eigenvalue weighted by molar-refractivity contribution is 7.80. The first kappa shape index (κ1) is 7.90. The molecule has 64 valence electrons. The minimum atomic E-state index is -0.0503. The molecule has 0 atom stereocenters. The molecule has 1 aliphatic carbocycles. The highest BCUT2D eigenvalue weighted by Crippen LogP contribution is 2.47. The Morgan fingerprint density at radius 1 is 1.45 bits per heavy atom. The fraction of sp³-hybridized carbons (Fsp3) is 1.00. The molecular weight excluding hydrogens is 158 g/mol. The van der Waals surface area contributed by atoms with E-state index >= 15 is 0 Å². The highest BCUT2D eigenvalue weighted by atomic mass is 32.1. The summed E-state index contributed by atoms with van der Waals surface area (Å²) in [7, 11) is 0. The maximum atomic E-state index is 9.05. The van der Waals surface area contributed by atoms with Gasteiger partial charge in [0, 0.05) is 19.6 Å². The van der Waals surface area contributed by atoms with Gasteiger partial charge in [-0.15, -0.1) is 0 Å². The molecule has 0 radical (unpaired) electrons. The van der Waals surface area contributed by atoms with E-state index in [0.717, 1.165) is 25.4 Å². The molecule has 0 spiro atoms. The number of aliphatic hydroxyl groups is 1. The molecule has 0 bridgehead atoms. The first-order chi connectivity index (χ1) is 5.24. The highest BCUT2D eigenvalue weighted by Gasteiger charge is 2.44. The normalized spacial score (nSPS) is 30.0. The Morgan fingerprint density at radius 2 is 2.09 bits per heavy atom. The van der Waals surface area contributed by atoms with Gasteiger partial charge in [-0.25, -0.2) is 0 Å². The van der Waals surface area contributed by atoms with Crippen LogP contribution < -0.4 is 0 Å². The first-order valence-electron chi connectivity index (χ1n) is 4.25. The summed E-state index contributed by atoms with van der Waals surface area (Å²) in [6, 6.07) is 0. The molecule has 0 unspecified atom stereocenters. The third kappa shape index (κ3) is 1.55. The van der Waals surface area contributed by atoms with Gasteiger partial charge in [0.15, 0.2) is 0 Å². The molecule has 1 saturated carbocycles. The van der Waals surface area contributed by atoms with Crippen molar-refractivity contribution in [1.29, 1.82) is 0 Å². The third-order valence-electron chi connectivity index (χ3n) is 2.79. The molecule has 2 rings (SSSR count). The molecule has 0 aromatic heterocycles. The third-order valence-corrected chi connectivity index (χ3v) is 3.46. The number of hydrogen-bond acceptors (Lipinski definition) is 3. The summed E-state index contributed by atoms with van der Waals surface area (Å²) in [5.74, 6) is 1.01. The Morgan fingerprint density at radius 3 is 2.45 bits per heavy atom. The number of hydrogen-bond donors (Lipinski definition) is 2. The second-order valence-corrected chi connectivity index (χ2v) is 4.32. The van der Waals surface area contributed by atoms with E-state index in [4.69, 9.17) is 5.11 Å². The average molecular weight is 173 g/mol. The average Bonchev–Trinajstić information content (AvgIpc) is 2.66. The predicted octanol–water partition coefficient (Wildman–Crippen LogP) is 0.373. The fourth-order valence-corrected chi connectivity index (χ4v) is 2.11. The van der Waals surface area contributed by atoms with Crippen molar-refractivity contribution < 1.29 is 5.11 Å². The minimum absolute atomic E-state index is 0.0503. The summed E-state index contributed by atoms with van der Waals surface area (Å²) >= 11 is 4.33. The summed E-state index contributed by atoms with van der Waals surface area (Å²) in [4.78, 5) is 2.33. The second-order valence-electron chi connectivity index (χ2n) is 4.01. The zero-order valence-corrected chi connectivity index (χ0v) is 7.56. The SMILES string of the molecule is OC1CN(CC2(CS)CC2)C1. The summed E-state index contributed by atoms with van der Waals surface area (Å²) in [6.07, 6.45) is 2.62. The summed E-state index contributed by atoms with van der Waals surface area (Å²) < 4.78 is 0. The Balaban J connectivity index is 1.74. The van der Waals surface area contributed by atoms with Gasteiger partial charge in [-0.3, -0.25) is 4.90 Å². The number of β-amino-alcohol motifs (C(OH)–C–C–N with tert-alkyl or cyclic N) is 1. The fourth-order valence-electron chi connectivity index (χ4n) is 1.69. The van der Waals surface area contributed by atoms with Crippen LogP contribution in [0.2, 0.25) is 0 Å². The van der Waals surface area contributed by atoms with Crippen LogP contribution in [0.4, 0.5) is 0 Å². The van der Waals surface area contributed by atoms with Crippen molar-refractivity contribution >= 4 is 12.6 Å². The van der Waals surface area contributed by atoms with Crippen LogP contribution in [0, 0.1) is 5.41 Å². The van der Waals surface area contributed by atoms with E-state index in [9.17, 15) is 0 Å². The number of rotatable bonds is 3. The summed E-state index contributed by atoms with van der Waals surface area (Å²) in [6.45, 7) is 2.93. The molecule has 1 saturated heterocycles. The smallest absolute Gasteiger partial charge is 0.0793 e. The van der Waals surface area contributed by atoms with Crippen LogP contribution in [0.5, 0.6) is 0 Å². The number of nitrogens with zero attached hydrogens (tertiary/aromatic N) is 1. The van der Waals surface area contributed by atoms with E-state index in [2.05, 4.69) is 17.5 Å². The number of likely N-dealkylation sites (tertiary alicyclic amines) is 1. The van der Waals surface area contributed by atoms with E-state index in [1.165, 1.54) is 12.8 Å². The van der Waals surface area contributed by atoms with Crippen LogP contribution in [0.1, 0.15) is 12.8 Å². The van der Waals surface area contributed by atoms with Gasteiger partial charge in [0.05, 0.1) is 6.10 Å². The van der Waals surface area contributed by atoms with Crippen LogP contribution in [-0.2, 0) is 0 Å². The minimum Gasteiger partial charge on any atom is -0.390 e. The first-order valence-corrected chi connectivity index (χ1v) is 4.89. The van der Waals surface area contributed by atoms with E-state index in [0.29, 0.717) is 5.41 Å². The lowest BCUT2D eigenvalue weighted by atomic mass is 10.1. The zero-order valence-electron chi connectivity index (χ0n) is 6.66. The van der Waals surface area contributed by atoms with E-state index < -0.39 is 0 Å². The monoisotopic (exact) mass is 173 g/mol. The topological polar surface area (TPSA) is 23.5 Å². The quantitative estimate of drug-likeness (QED) is 0.603. The van der Waals surface area contributed by atoms with Gasteiger partial charge in [0.2, 0.25) is 0 Å². The molecule has 0 aromatic rings. The maximum absolute atomic E-state index is 9.05. The van der Waals surface area contributed by atoms with Crippen LogP contribution >= 0.6 is 12.6 Å². The van der Waals surface area contributed by atoms with Gasteiger partial charge in [0.25, 0.3) is 0 Å². The predicted molar refractivity (Wildman–Crippen MR) is 48.0 cm³/mol. The van der Waals surface area contributed by atoms with Crippen molar-refractivity contribution in [3.63, 3.8) is 0 Å². The van der Waals surface area contributed by atoms with E-state index in [1.807, 2.05) is 0 Å². The molecule has 1 heterocycles. The van der Waals surface area contributed by atoms with Gasteiger partial charge in [-0.1, -0.05) is 0 Å². The van der Waals surface area contributed by atoms with Crippen molar-refractivity contribution in [3.8, 4) is 0 Å². The Labute approximate surface area is 73.0 Å². The van der Waals surface area contributed by atoms with Gasteiger partial charge in [-0.05, 0) is 24.0 Å². The van der Waals surface area contributed by atoms with Crippen molar-refractivity contribution in [3.05, 3.63) is 0 Å². The summed E-state index contributed by atoms with van der Waals surface area (Å²) in [5, 5.41) is 9.05. The molecule has 2 fully saturated rings. The zero-order chi connectivity index (χ0) is 7.90. The Bertz CT molecular complexity index is 152. The maximum Gasteiger partial charge on any atom is 0.0793 e. The van der Waals surface area contributed by atoms with E-state index in [-0.39, 0.29) is 6.10 Å². The Kier molecular flexibility index (Phi) is 1.90. The number of aliphatic hydroxyl groups excluding tert-OH is 1. The van der Waals surface area contributed by atoms with Crippen LogP contribution in [0.3, 0.4) is 0 Å². The molecule has 0 aromatic carbocycles. The molecule has 2 aliphatic rings. The van der Waals surface area contributed by atoms with Crippen molar-refractivity contribution in [2.45, 2.75) is 18.9 Å². The lowest BCUT2D eigenvalue weighted by Gasteiger charge is -2.38. The largest absolute Gasteiger partial charge is 0.390 e. The van der Waals surface area contributed by atoms with Crippen LogP contribution in [0.15, 0.2) is 0 Å². The van der Waals surface area contributed by atoms with Crippen LogP contribution in [0.25, 0.3) is 0 Å². The van der Waals surface area contributed by atoms with Crippen molar-refractivity contribution in [2.24, 2.45) is 5.41 Å². The standard InChI is InChI=1S/C8H15NOS/c10-7-3-9(4-7)5-8(6-11)1-2-8/h7,10-11H,1-6H2. The molecule has 3 heteroatoms. The molecule has 11 heavy (non-hydrogen) atoms. The molecule has 0 amide bonds. The van der Waals surface area contributed by atoms with Gasteiger partial charge in [0.1, 0.15) is 0 Å². The van der Waals surface area contributed by atoms with Crippen molar-refractivity contribution in [1.82, 2.24) is 4.90 Å². The molecule has 2 nitrogen and oxygen atoms in total. The molecule has 1 aliphatic heterocycles. The van der Waals surface area contributed by atoms with Gasteiger partial charge >= 0.3 is 0 Å². The van der Waals surface area contributed by atoms with E-state index in [1.54, 1.807) is 0 Å². The van der Waals surface area contributed by atoms with Crippen molar-refractivity contribution in [2.75, 3.05) is 25.4 Å². The second kappa shape index (κ2) is 2.64. The molecular formula is C8H15NOS.